The van der Waals surface area contributed by atoms with Gasteiger partial charge in [0, 0.05) is 16.2 Å². The smallest absolute Gasteiger partial charge is 0.289 e. The fourth-order valence-electron chi connectivity index (χ4n) is 1.54. The Morgan fingerprint density at radius 2 is 1.91 bits per heavy atom. The molecular formula is C15H8BrClF3NOS. The van der Waals surface area contributed by atoms with E-state index < -0.39 is 11.7 Å². The fraction of sp³-hybridized carbons (Fsp3) is 0.0667. The highest BCUT2D eigenvalue weighted by Crippen LogP contribution is 2.33. The van der Waals surface area contributed by atoms with Crippen LogP contribution in [0.1, 0.15) is 15.9 Å². The standard InChI is InChI=1S/C15H8BrClF3NOS/c16-11-3-1-9(2-4-11)13(22)5-6-23-14-12(17)7-10(8-21-14)15(18,19)20/h1-8H. The molecule has 0 aliphatic carbocycles. The molecule has 0 atom stereocenters. The average Bonchev–Trinajstić information content (AvgIpc) is 2.48. The highest BCUT2D eigenvalue weighted by Gasteiger charge is 2.31. The Morgan fingerprint density at radius 1 is 1.26 bits per heavy atom. The van der Waals surface area contributed by atoms with Crippen molar-refractivity contribution in [3.8, 4) is 0 Å². The van der Waals surface area contributed by atoms with Gasteiger partial charge in [-0.3, -0.25) is 4.79 Å². The first-order chi connectivity index (χ1) is 10.8. The lowest BCUT2D eigenvalue weighted by Crippen LogP contribution is -2.05. The van der Waals surface area contributed by atoms with Crippen LogP contribution in [0.15, 0.2) is 57.5 Å². The van der Waals surface area contributed by atoms with Crippen molar-refractivity contribution in [1.29, 1.82) is 0 Å². The number of ketones is 1. The zero-order chi connectivity index (χ0) is 17.0. The quantitative estimate of drug-likeness (QED) is 0.344. The van der Waals surface area contributed by atoms with Gasteiger partial charge in [-0.15, -0.1) is 0 Å². The van der Waals surface area contributed by atoms with E-state index in [4.69, 9.17) is 11.6 Å². The molecule has 2 rings (SSSR count). The van der Waals surface area contributed by atoms with Crippen molar-refractivity contribution < 1.29 is 18.0 Å². The molecule has 0 unspecified atom stereocenters. The Bertz CT molecular complexity index is 747. The van der Waals surface area contributed by atoms with Gasteiger partial charge in [0.2, 0.25) is 0 Å². The van der Waals surface area contributed by atoms with Crippen molar-refractivity contribution in [2.45, 2.75) is 11.2 Å². The number of nitrogens with zero attached hydrogens (tertiary/aromatic N) is 1. The number of allylic oxidation sites excluding steroid dienone is 1. The topological polar surface area (TPSA) is 30.0 Å². The molecule has 0 saturated carbocycles. The van der Waals surface area contributed by atoms with Gasteiger partial charge in [-0.05, 0) is 41.8 Å². The molecule has 0 spiro atoms. The highest BCUT2D eigenvalue weighted by atomic mass is 79.9. The number of hydrogen-bond acceptors (Lipinski definition) is 3. The molecule has 2 aromatic rings. The van der Waals surface area contributed by atoms with Gasteiger partial charge in [0.1, 0.15) is 5.03 Å². The summed E-state index contributed by atoms with van der Waals surface area (Å²) in [7, 11) is 0. The highest BCUT2D eigenvalue weighted by molar-refractivity contribution is 9.10. The molecule has 0 N–H and O–H groups in total. The summed E-state index contributed by atoms with van der Waals surface area (Å²) >= 11 is 10.0. The number of rotatable bonds is 4. The summed E-state index contributed by atoms with van der Waals surface area (Å²) in [6.07, 6.45) is -2.48. The zero-order valence-corrected chi connectivity index (χ0v) is 14.4. The molecule has 0 aliphatic heterocycles. The van der Waals surface area contributed by atoms with E-state index in [1.54, 1.807) is 24.3 Å². The van der Waals surface area contributed by atoms with Gasteiger partial charge in [0.25, 0.3) is 0 Å². The number of aromatic nitrogens is 1. The summed E-state index contributed by atoms with van der Waals surface area (Å²) in [5.41, 5.74) is -0.418. The number of carbonyl (C=O) groups is 1. The molecule has 0 radical (unpaired) electrons. The number of halogens is 5. The molecule has 0 amide bonds. The molecule has 0 aliphatic rings. The lowest BCUT2D eigenvalue weighted by Gasteiger charge is -2.07. The van der Waals surface area contributed by atoms with E-state index in [1.165, 1.54) is 11.5 Å². The maximum absolute atomic E-state index is 12.5. The summed E-state index contributed by atoms with van der Waals surface area (Å²) in [5.74, 6) is -0.229. The van der Waals surface area contributed by atoms with Crippen LogP contribution in [0.3, 0.4) is 0 Å². The van der Waals surface area contributed by atoms with E-state index in [-0.39, 0.29) is 15.8 Å². The van der Waals surface area contributed by atoms with Crippen molar-refractivity contribution in [3.63, 3.8) is 0 Å². The number of thioether (sulfide) groups is 1. The van der Waals surface area contributed by atoms with Gasteiger partial charge >= 0.3 is 6.18 Å². The molecular weight excluding hydrogens is 415 g/mol. The second-order valence-corrected chi connectivity index (χ2v) is 6.52. The van der Waals surface area contributed by atoms with E-state index in [0.717, 1.165) is 22.3 Å². The summed E-state index contributed by atoms with van der Waals surface area (Å²) in [6.45, 7) is 0. The first-order valence-electron chi connectivity index (χ1n) is 6.13. The number of carbonyl (C=O) groups excluding carboxylic acids is 1. The van der Waals surface area contributed by atoms with Crippen molar-refractivity contribution in [2.75, 3.05) is 0 Å². The minimum atomic E-state index is -4.49. The largest absolute Gasteiger partial charge is 0.417 e. The van der Waals surface area contributed by atoms with Crippen molar-refractivity contribution in [1.82, 2.24) is 4.98 Å². The van der Waals surface area contributed by atoms with Gasteiger partial charge < -0.3 is 0 Å². The molecule has 1 aromatic heterocycles. The Morgan fingerprint density at radius 3 is 2.48 bits per heavy atom. The molecule has 0 fully saturated rings. The van der Waals surface area contributed by atoms with E-state index >= 15 is 0 Å². The van der Waals surface area contributed by atoms with Crippen LogP contribution in [-0.2, 0) is 6.18 Å². The van der Waals surface area contributed by atoms with Gasteiger partial charge in [-0.25, -0.2) is 4.98 Å². The van der Waals surface area contributed by atoms with E-state index in [0.29, 0.717) is 11.8 Å². The fourth-order valence-corrected chi connectivity index (χ4v) is 2.71. The average molecular weight is 423 g/mol. The molecule has 8 heteroatoms. The Labute approximate surface area is 147 Å². The zero-order valence-electron chi connectivity index (χ0n) is 11.3. The molecule has 23 heavy (non-hydrogen) atoms. The Hall–Kier alpha value is -1.31. The van der Waals surface area contributed by atoms with Gasteiger partial charge in [-0.2, -0.15) is 13.2 Å². The molecule has 0 bridgehead atoms. The number of alkyl halides is 3. The minimum absolute atomic E-state index is 0.120. The lowest BCUT2D eigenvalue weighted by atomic mass is 10.1. The van der Waals surface area contributed by atoms with Crippen molar-refractivity contribution >= 4 is 45.1 Å². The van der Waals surface area contributed by atoms with E-state index in [1.807, 2.05) is 0 Å². The van der Waals surface area contributed by atoms with Crippen LogP contribution in [-0.4, -0.2) is 10.8 Å². The number of pyridine rings is 1. The summed E-state index contributed by atoms with van der Waals surface area (Å²) < 4.78 is 38.4. The van der Waals surface area contributed by atoms with Crippen LogP contribution in [0, 0.1) is 0 Å². The molecule has 0 saturated heterocycles. The van der Waals surface area contributed by atoms with Crippen LogP contribution in [0.4, 0.5) is 13.2 Å². The second kappa shape index (κ2) is 7.51. The molecule has 120 valence electrons. The van der Waals surface area contributed by atoms with Gasteiger partial charge in [-0.1, -0.05) is 39.3 Å². The minimum Gasteiger partial charge on any atom is -0.289 e. The van der Waals surface area contributed by atoms with E-state index in [9.17, 15) is 18.0 Å². The normalized spacial score (nSPS) is 11.9. The Kier molecular flexibility index (Phi) is 5.89. The van der Waals surface area contributed by atoms with E-state index in [2.05, 4.69) is 20.9 Å². The maximum atomic E-state index is 12.5. The van der Waals surface area contributed by atoms with Crippen molar-refractivity contribution in [3.05, 3.63) is 68.6 Å². The van der Waals surface area contributed by atoms with Gasteiger partial charge in [0.05, 0.1) is 10.6 Å². The van der Waals surface area contributed by atoms with Crippen LogP contribution >= 0.6 is 39.3 Å². The molecule has 2 nitrogen and oxygen atoms in total. The first kappa shape index (κ1) is 18.0. The third-order valence-electron chi connectivity index (χ3n) is 2.66. The number of benzene rings is 1. The molecule has 1 aromatic carbocycles. The first-order valence-corrected chi connectivity index (χ1v) is 8.18. The monoisotopic (exact) mass is 421 g/mol. The van der Waals surface area contributed by atoms with Crippen molar-refractivity contribution in [2.24, 2.45) is 0 Å². The maximum Gasteiger partial charge on any atom is 0.417 e. The SMILES string of the molecule is O=C(C=CSc1ncc(C(F)(F)F)cc1Cl)c1ccc(Br)cc1. The summed E-state index contributed by atoms with van der Waals surface area (Å²) in [5, 5.41) is 1.51. The third kappa shape index (κ3) is 5.09. The van der Waals surface area contributed by atoms with Gasteiger partial charge in [0.15, 0.2) is 5.78 Å². The predicted molar refractivity (Wildman–Crippen MR) is 87.7 cm³/mol. The number of hydrogen-bond donors (Lipinski definition) is 0. The van der Waals surface area contributed by atoms with Crippen LogP contribution in [0.25, 0.3) is 0 Å². The Balaban J connectivity index is 2.05. The van der Waals surface area contributed by atoms with Crippen LogP contribution in [0.5, 0.6) is 0 Å². The lowest BCUT2D eigenvalue weighted by molar-refractivity contribution is -0.137. The second-order valence-electron chi connectivity index (χ2n) is 4.30. The third-order valence-corrected chi connectivity index (χ3v) is 4.41. The summed E-state index contributed by atoms with van der Waals surface area (Å²) in [6, 6.07) is 7.60. The van der Waals surface area contributed by atoms with Crippen LogP contribution < -0.4 is 0 Å². The summed E-state index contributed by atoms with van der Waals surface area (Å²) in [4.78, 5) is 15.6. The predicted octanol–water partition coefficient (Wildman–Crippen LogP) is 6.01. The van der Waals surface area contributed by atoms with Crippen LogP contribution in [0.2, 0.25) is 5.02 Å². The molecule has 1 heterocycles.